The van der Waals surface area contributed by atoms with Crippen molar-refractivity contribution < 1.29 is 42.2 Å². The number of H-pyrrole nitrogens is 1. The van der Waals surface area contributed by atoms with Gasteiger partial charge in [-0.1, -0.05) is 12.1 Å². The first-order valence-corrected chi connectivity index (χ1v) is 9.27. The molecule has 0 bridgehead atoms. The van der Waals surface area contributed by atoms with Crippen LogP contribution in [0.1, 0.15) is 26.4 Å². The van der Waals surface area contributed by atoms with Crippen LogP contribution in [0.3, 0.4) is 0 Å². The fourth-order valence-electron chi connectivity index (χ4n) is 3.03. The summed E-state index contributed by atoms with van der Waals surface area (Å²) in [5, 5.41) is 18.9. The van der Waals surface area contributed by atoms with Gasteiger partial charge in [0.25, 0.3) is 5.91 Å². The van der Waals surface area contributed by atoms with Crippen LogP contribution < -0.4 is 5.32 Å². The van der Waals surface area contributed by atoms with Gasteiger partial charge in [-0.15, -0.1) is 0 Å². The molecule has 4 N–H and O–H groups in total. The molecule has 3 heterocycles. The van der Waals surface area contributed by atoms with Crippen LogP contribution >= 0.6 is 0 Å². The molecule has 3 aromatic rings. The fraction of sp³-hybridized carbons (Fsp3) is 0.143. The summed E-state index contributed by atoms with van der Waals surface area (Å²) in [5.41, 5.74) is 3.47. The van der Waals surface area contributed by atoms with E-state index in [1.165, 1.54) is 12.1 Å². The molecule has 2 aromatic heterocycles. The summed E-state index contributed by atoms with van der Waals surface area (Å²) in [5.74, 6) is -4.45. The largest absolute Gasteiger partial charge is 0.490 e. The average molecular weight is 465 g/mol. The molecular weight excluding hydrogens is 450 g/mol. The Bertz CT molecular complexity index is 1220. The van der Waals surface area contributed by atoms with E-state index in [0.717, 1.165) is 11.9 Å². The van der Waals surface area contributed by atoms with Gasteiger partial charge in [-0.2, -0.15) is 13.2 Å². The van der Waals surface area contributed by atoms with Crippen LogP contribution in [-0.4, -0.2) is 50.7 Å². The highest BCUT2D eigenvalue weighted by Gasteiger charge is 2.38. The van der Waals surface area contributed by atoms with Crippen LogP contribution in [0, 0.1) is 5.82 Å². The molecule has 0 fully saturated rings. The minimum Gasteiger partial charge on any atom is -0.478 e. The monoisotopic (exact) mass is 465 g/mol. The Kier molecular flexibility index (Phi) is 6.47. The van der Waals surface area contributed by atoms with Gasteiger partial charge in [0, 0.05) is 35.5 Å². The summed E-state index contributed by atoms with van der Waals surface area (Å²) >= 11 is 0. The van der Waals surface area contributed by atoms with Crippen molar-refractivity contribution in [1.29, 1.82) is 0 Å². The van der Waals surface area contributed by atoms with Gasteiger partial charge in [-0.05, 0) is 24.3 Å². The maximum absolute atomic E-state index is 14.3. The molecule has 0 spiro atoms. The molecule has 1 aromatic carbocycles. The molecule has 1 aliphatic heterocycles. The van der Waals surface area contributed by atoms with Crippen LogP contribution in [0.25, 0.3) is 22.5 Å². The van der Waals surface area contributed by atoms with Crippen LogP contribution in [-0.2, 0) is 11.2 Å². The summed E-state index contributed by atoms with van der Waals surface area (Å²) in [4.78, 5) is 39.0. The molecule has 4 rings (SSSR count). The van der Waals surface area contributed by atoms with Crippen molar-refractivity contribution >= 4 is 17.8 Å². The van der Waals surface area contributed by atoms with Crippen molar-refractivity contribution in [1.82, 2.24) is 15.3 Å². The lowest BCUT2D eigenvalue weighted by atomic mass is 10.0. The van der Waals surface area contributed by atoms with Gasteiger partial charge < -0.3 is 20.5 Å². The number of hydrogen-bond donors (Lipinski definition) is 4. The Labute approximate surface area is 182 Å². The molecule has 0 saturated carbocycles. The molecule has 1 amide bonds. The van der Waals surface area contributed by atoms with E-state index in [4.69, 9.17) is 15.0 Å². The number of amides is 1. The van der Waals surface area contributed by atoms with Gasteiger partial charge in [0.1, 0.15) is 0 Å². The van der Waals surface area contributed by atoms with E-state index in [9.17, 15) is 27.2 Å². The minimum atomic E-state index is -5.08. The highest BCUT2D eigenvalue weighted by molar-refractivity contribution is 5.98. The normalized spacial score (nSPS) is 12.8. The summed E-state index contributed by atoms with van der Waals surface area (Å²) in [6.45, 7) is 0.547. The van der Waals surface area contributed by atoms with Crippen LogP contribution in [0.5, 0.6) is 0 Å². The smallest absolute Gasteiger partial charge is 0.478 e. The van der Waals surface area contributed by atoms with Gasteiger partial charge in [-0.25, -0.2) is 14.0 Å². The topological polar surface area (TPSA) is 132 Å². The minimum absolute atomic E-state index is 0.166. The van der Waals surface area contributed by atoms with Crippen molar-refractivity contribution in [2.75, 3.05) is 6.54 Å². The zero-order valence-corrected chi connectivity index (χ0v) is 16.5. The number of aromatic amines is 1. The molecule has 0 unspecified atom stereocenters. The van der Waals surface area contributed by atoms with Crippen molar-refractivity contribution in [2.24, 2.45) is 0 Å². The molecule has 33 heavy (non-hydrogen) atoms. The predicted octanol–water partition coefficient (Wildman–Crippen LogP) is 3.50. The maximum Gasteiger partial charge on any atom is 0.490 e. The number of hydrogen-bond acceptors (Lipinski definition) is 4. The second kappa shape index (κ2) is 9.10. The highest BCUT2D eigenvalue weighted by Crippen LogP contribution is 2.29. The molecular formula is C21H15F4N3O5. The summed E-state index contributed by atoms with van der Waals surface area (Å²) in [6.07, 6.45) is -3.30. The number of nitrogens with one attached hydrogen (secondary N) is 2. The Morgan fingerprint density at radius 2 is 1.67 bits per heavy atom. The van der Waals surface area contributed by atoms with E-state index in [0.29, 0.717) is 41.0 Å². The summed E-state index contributed by atoms with van der Waals surface area (Å²) in [7, 11) is 0. The Morgan fingerprint density at radius 3 is 2.21 bits per heavy atom. The number of carboxylic acid groups (broad SMARTS) is 2. The summed E-state index contributed by atoms with van der Waals surface area (Å²) in [6, 6.07) is 9.42. The molecule has 0 aliphatic carbocycles. The molecule has 8 nitrogen and oxygen atoms in total. The quantitative estimate of drug-likeness (QED) is 0.438. The molecule has 12 heteroatoms. The number of carboxylic acids is 2. The number of pyridine rings is 1. The van der Waals surface area contributed by atoms with Gasteiger partial charge in [0.15, 0.2) is 5.82 Å². The van der Waals surface area contributed by atoms with E-state index in [2.05, 4.69) is 15.3 Å². The first-order valence-electron chi connectivity index (χ1n) is 9.27. The number of aromatic nitrogens is 2. The van der Waals surface area contributed by atoms with E-state index in [-0.39, 0.29) is 11.5 Å². The third-order valence-corrected chi connectivity index (χ3v) is 4.62. The van der Waals surface area contributed by atoms with Crippen molar-refractivity contribution in [2.45, 2.75) is 12.6 Å². The number of benzene rings is 1. The van der Waals surface area contributed by atoms with Crippen molar-refractivity contribution in [3.63, 3.8) is 0 Å². The first kappa shape index (κ1) is 23.4. The van der Waals surface area contributed by atoms with Crippen molar-refractivity contribution in [3.8, 4) is 22.5 Å². The number of carbonyl (C=O) groups is 3. The zero-order chi connectivity index (χ0) is 24.3. The Balaban J connectivity index is 0.000000383. The maximum atomic E-state index is 14.3. The SMILES string of the molecule is O=C(O)C(F)(F)F.O=C(O)c1ccc(-c2cc(-c3cc4c([nH]3)CCNC4=O)c(F)cn2)cc1. The Morgan fingerprint density at radius 1 is 1.03 bits per heavy atom. The van der Waals surface area contributed by atoms with Crippen molar-refractivity contribution in [3.05, 3.63) is 65.2 Å². The van der Waals surface area contributed by atoms with Gasteiger partial charge in [0.05, 0.1) is 23.0 Å². The second-order valence-electron chi connectivity index (χ2n) is 6.82. The van der Waals surface area contributed by atoms with Crippen LogP contribution in [0.4, 0.5) is 17.6 Å². The number of nitrogens with zero attached hydrogens (tertiary/aromatic N) is 1. The lowest BCUT2D eigenvalue weighted by Crippen LogP contribution is -2.31. The van der Waals surface area contributed by atoms with E-state index < -0.39 is 23.9 Å². The fourth-order valence-corrected chi connectivity index (χ4v) is 3.03. The number of halogens is 4. The average Bonchev–Trinajstić information content (AvgIpc) is 3.19. The second-order valence-corrected chi connectivity index (χ2v) is 6.82. The predicted molar refractivity (Wildman–Crippen MR) is 106 cm³/mol. The number of aliphatic carboxylic acids is 1. The number of fused-ring (bicyclic) bond motifs is 1. The lowest BCUT2D eigenvalue weighted by Gasteiger charge is -2.11. The number of rotatable bonds is 3. The Hall–Kier alpha value is -4.22. The molecule has 0 atom stereocenters. The van der Waals surface area contributed by atoms with Crippen LogP contribution in [0.2, 0.25) is 0 Å². The standard InChI is InChI=1S/C19H14FN3O3.C2HF3O2/c20-14-9-22-16(10-1-3-11(4-2-10)19(25)26)7-12(14)17-8-13-15(23-17)5-6-21-18(13)24;3-2(4,5)1(6)7/h1-4,7-9,23H,5-6H2,(H,21,24)(H,25,26);(H,6,7). The first-order chi connectivity index (χ1) is 15.5. The summed E-state index contributed by atoms with van der Waals surface area (Å²) < 4.78 is 46.1. The zero-order valence-electron chi connectivity index (χ0n) is 16.5. The number of carbonyl (C=O) groups excluding carboxylic acids is 1. The van der Waals surface area contributed by atoms with Gasteiger partial charge in [-0.3, -0.25) is 9.78 Å². The number of alkyl halides is 3. The third-order valence-electron chi connectivity index (χ3n) is 4.62. The van der Waals surface area contributed by atoms with E-state index in [1.807, 2.05) is 0 Å². The van der Waals surface area contributed by atoms with E-state index in [1.54, 1.807) is 24.3 Å². The lowest BCUT2D eigenvalue weighted by molar-refractivity contribution is -0.192. The third kappa shape index (κ3) is 5.34. The molecule has 0 radical (unpaired) electrons. The molecule has 172 valence electrons. The van der Waals surface area contributed by atoms with E-state index >= 15 is 0 Å². The van der Waals surface area contributed by atoms with Gasteiger partial charge >= 0.3 is 18.1 Å². The van der Waals surface area contributed by atoms with Crippen LogP contribution in [0.15, 0.2) is 42.6 Å². The molecule has 1 aliphatic rings. The number of aromatic carboxylic acids is 1. The highest BCUT2D eigenvalue weighted by atomic mass is 19.4. The van der Waals surface area contributed by atoms with Gasteiger partial charge in [0.2, 0.25) is 0 Å². The molecule has 0 saturated heterocycles.